The number of nitrogens with zero attached hydrogens (tertiary/aromatic N) is 5. The van der Waals surface area contributed by atoms with Gasteiger partial charge in [0.15, 0.2) is 0 Å². The molecule has 2 aromatic carbocycles. The maximum Gasteiger partial charge on any atom is 0.407 e. The number of ether oxygens (including phenoxy) is 2. The number of rotatable bonds is 9. The van der Waals surface area contributed by atoms with Gasteiger partial charge < -0.3 is 39.9 Å². The lowest BCUT2D eigenvalue weighted by molar-refractivity contribution is -0.136. The minimum absolute atomic E-state index is 0.0799. The van der Waals surface area contributed by atoms with Gasteiger partial charge in [-0.2, -0.15) is 0 Å². The van der Waals surface area contributed by atoms with E-state index in [9.17, 15) is 19.2 Å². The fraction of sp³-hybridized carbons (Fsp3) is 0.425. The van der Waals surface area contributed by atoms with E-state index in [4.69, 9.17) is 14.7 Å². The van der Waals surface area contributed by atoms with Crippen LogP contribution in [0.1, 0.15) is 75.6 Å². The minimum Gasteiger partial charge on any atom is -0.453 e. The first-order valence-electron chi connectivity index (χ1n) is 19.0. The summed E-state index contributed by atoms with van der Waals surface area (Å²) in [6.07, 6.45) is 8.55. The zero-order valence-electron chi connectivity index (χ0n) is 31.1. The minimum atomic E-state index is -0.715. The molecule has 15 heteroatoms. The highest BCUT2D eigenvalue weighted by Gasteiger charge is 2.41. The van der Waals surface area contributed by atoms with Crippen molar-refractivity contribution in [2.45, 2.75) is 76.0 Å². The predicted molar refractivity (Wildman–Crippen MR) is 203 cm³/mol. The summed E-state index contributed by atoms with van der Waals surface area (Å²) in [6, 6.07) is 12.5. The van der Waals surface area contributed by atoms with Gasteiger partial charge in [-0.3, -0.25) is 14.6 Å². The second-order valence-corrected chi connectivity index (χ2v) is 14.7. The molecule has 1 aliphatic carbocycles. The number of methoxy groups -OCH3 is 2. The number of amides is 4. The highest BCUT2D eigenvalue weighted by Crippen LogP contribution is 2.37. The molecule has 3 aromatic heterocycles. The average molecular weight is 748 g/mol. The van der Waals surface area contributed by atoms with E-state index in [1.54, 1.807) is 18.0 Å². The molecule has 1 saturated carbocycles. The first-order valence-corrected chi connectivity index (χ1v) is 19.0. The van der Waals surface area contributed by atoms with E-state index in [2.05, 4.69) is 48.5 Å². The Kier molecular flexibility index (Phi) is 9.84. The highest BCUT2D eigenvalue weighted by atomic mass is 16.5. The molecule has 5 heterocycles. The number of benzene rings is 2. The van der Waals surface area contributed by atoms with Gasteiger partial charge in [-0.15, -0.1) is 0 Å². The summed E-state index contributed by atoms with van der Waals surface area (Å²) in [5.74, 6) is 1.30. The summed E-state index contributed by atoms with van der Waals surface area (Å²) in [6.45, 7) is 2.85. The molecule has 2 aliphatic heterocycles. The number of nitrogens with one attached hydrogen (secondary N) is 4. The third kappa shape index (κ3) is 7.06. The van der Waals surface area contributed by atoms with Crippen LogP contribution in [-0.2, 0) is 19.1 Å². The van der Waals surface area contributed by atoms with E-state index < -0.39 is 24.3 Å². The van der Waals surface area contributed by atoms with Crippen molar-refractivity contribution in [3.8, 4) is 22.5 Å². The second-order valence-electron chi connectivity index (χ2n) is 14.7. The fourth-order valence-corrected chi connectivity index (χ4v) is 8.16. The number of likely N-dealkylation sites (tertiary alicyclic amines) is 2. The van der Waals surface area contributed by atoms with Crippen LogP contribution in [0.4, 0.5) is 9.59 Å². The number of H-pyrrole nitrogens is 2. The van der Waals surface area contributed by atoms with E-state index in [1.165, 1.54) is 14.2 Å². The number of pyridine rings is 1. The smallest absolute Gasteiger partial charge is 0.407 e. The largest absolute Gasteiger partial charge is 0.453 e. The van der Waals surface area contributed by atoms with Gasteiger partial charge in [-0.05, 0) is 81.0 Å². The molecular formula is C40H45N9O6. The van der Waals surface area contributed by atoms with Gasteiger partial charge >= 0.3 is 12.2 Å². The highest BCUT2D eigenvalue weighted by molar-refractivity contribution is 5.91. The van der Waals surface area contributed by atoms with Crippen LogP contribution in [0, 0.1) is 5.92 Å². The number of carbonyl (C=O) groups is 4. The van der Waals surface area contributed by atoms with Gasteiger partial charge in [-0.1, -0.05) is 24.6 Å². The van der Waals surface area contributed by atoms with Crippen LogP contribution < -0.4 is 10.6 Å². The molecule has 2 saturated heterocycles. The Hall–Kier alpha value is -5.99. The molecule has 0 bridgehead atoms. The van der Waals surface area contributed by atoms with E-state index in [0.717, 1.165) is 95.1 Å². The lowest BCUT2D eigenvalue weighted by atomic mass is 9.79. The van der Waals surface area contributed by atoms with E-state index in [0.29, 0.717) is 18.9 Å². The lowest BCUT2D eigenvalue weighted by Crippen LogP contribution is -2.53. The average Bonchev–Trinajstić information content (AvgIpc) is 4.01. The SMILES string of the molecule is COC(=O)NC(C)C(=O)N1CCCC1c1ncc(-c2ccc3cc(-c4ccc5nc(C6CCCN6C(=O)C(NC(=O)OC)C6CCC6)[nH]c5c4)ncc3c2)[nH]1. The van der Waals surface area contributed by atoms with Crippen LogP contribution in [0.25, 0.3) is 44.3 Å². The van der Waals surface area contributed by atoms with E-state index in [-0.39, 0.29) is 29.8 Å². The summed E-state index contributed by atoms with van der Waals surface area (Å²) < 4.78 is 9.49. The Morgan fingerprint density at radius 1 is 0.745 bits per heavy atom. The molecule has 5 aromatic rings. The summed E-state index contributed by atoms with van der Waals surface area (Å²) in [4.78, 5) is 75.6. The van der Waals surface area contributed by atoms with Gasteiger partial charge in [0.05, 0.1) is 54.9 Å². The van der Waals surface area contributed by atoms with Crippen molar-refractivity contribution < 1.29 is 28.7 Å². The van der Waals surface area contributed by atoms with Gasteiger partial charge in [0.1, 0.15) is 23.7 Å². The van der Waals surface area contributed by atoms with E-state index >= 15 is 0 Å². The number of aromatic amines is 2. The number of hydrogen-bond donors (Lipinski definition) is 4. The Labute approximate surface area is 317 Å². The Morgan fingerprint density at radius 3 is 2.18 bits per heavy atom. The first-order chi connectivity index (χ1) is 26.7. The predicted octanol–water partition coefficient (Wildman–Crippen LogP) is 5.76. The third-order valence-electron chi connectivity index (χ3n) is 11.4. The van der Waals surface area contributed by atoms with Crippen LogP contribution >= 0.6 is 0 Å². The van der Waals surface area contributed by atoms with Crippen molar-refractivity contribution >= 4 is 45.8 Å². The molecule has 4 amide bonds. The molecule has 55 heavy (non-hydrogen) atoms. The lowest BCUT2D eigenvalue weighted by Gasteiger charge is -2.36. The number of alkyl carbamates (subject to hydrolysis) is 2. The normalized spacial score (nSPS) is 19.6. The van der Waals surface area contributed by atoms with Gasteiger partial charge in [0, 0.05) is 35.8 Å². The molecule has 8 rings (SSSR count). The monoisotopic (exact) mass is 747 g/mol. The van der Waals surface area contributed by atoms with Crippen molar-refractivity contribution in [3.63, 3.8) is 0 Å². The molecule has 4 atom stereocenters. The molecule has 3 fully saturated rings. The number of fused-ring (bicyclic) bond motifs is 2. The maximum absolute atomic E-state index is 13.8. The zero-order chi connectivity index (χ0) is 38.2. The Balaban J connectivity index is 0.978. The molecule has 4 N–H and O–H groups in total. The number of hydrogen-bond acceptors (Lipinski definition) is 9. The number of carbonyl (C=O) groups excluding carboxylic acids is 4. The van der Waals surface area contributed by atoms with E-state index in [1.807, 2.05) is 35.4 Å². The van der Waals surface area contributed by atoms with Crippen molar-refractivity contribution in [2.24, 2.45) is 5.92 Å². The summed E-state index contributed by atoms with van der Waals surface area (Å²) in [5.41, 5.74) is 5.21. The van der Waals surface area contributed by atoms with Crippen molar-refractivity contribution in [3.05, 3.63) is 66.5 Å². The fourth-order valence-electron chi connectivity index (χ4n) is 8.16. The summed E-state index contributed by atoms with van der Waals surface area (Å²) in [7, 11) is 2.59. The van der Waals surface area contributed by atoms with Crippen LogP contribution in [-0.4, -0.2) is 98.1 Å². The molecule has 0 radical (unpaired) electrons. The van der Waals surface area contributed by atoms with Crippen LogP contribution in [0.3, 0.4) is 0 Å². The van der Waals surface area contributed by atoms with Crippen molar-refractivity contribution in [1.82, 2.24) is 45.4 Å². The van der Waals surface area contributed by atoms with Crippen LogP contribution in [0.15, 0.2) is 54.9 Å². The molecular weight excluding hydrogens is 702 g/mol. The number of aromatic nitrogens is 5. The van der Waals surface area contributed by atoms with Gasteiger partial charge in [0.2, 0.25) is 11.8 Å². The summed E-state index contributed by atoms with van der Waals surface area (Å²) in [5, 5.41) is 7.36. The van der Waals surface area contributed by atoms with Gasteiger partial charge in [-0.25, -0.2) is 19.6 Å². The Morgan fingerprint density at radius 2 is 1.45 bits per heavy atom. The van der Waals surface area contributed by atoms with Crippen molar-refractivity contribution in [1.29, 1.82) is 0 Å². The molecule has 15 nitrogen and oxygen atoms in total. The zero-order valence-corrected chi connectivity index (χ0v) is 31.1. The standard InChI is InChI=1S/C40H45N9O6/c1-22(43-39(52)54-2)37(50)48-15-5-9-32(48)35-42-21-31(46-35)25-12-11-24-18-29(41-20-27(24)17-25)26-13-14-28-30(19-26)45-36(44-28)33-10-6-16-49(33)38(51)34(23-7-4-8-23)47-40(53)55-3/h11-14,17-23,32-34H,4-10,15-16H2,1-3H3,(H,42,46)(H,43,52)(H,44,45)(H,47,53). The topological polar surface area (TPSA) is 188 Å². The second kappa shape index (κ2) is 15.0. The molecule has 286 valence electrons. The first kappa shape index (κ1) is 36.0. The maximum atomic E-state index is 13.8. The molecule has 3 aliphatic rings. The summed E-state index contributed by atoms with van der Waals surface area (Å²) >= 11 is 0. The van der Waals surface area contributed by atoms with Crippen LogP contribution in [0.5, 0.6) is 0 Å². The third-order valence-corrected chi connectivity index (χ3v) is 11.4. The van der Waals surface area contributed by atoms with Crippen molar-refractivity contribution in [2.75, 3.05) is 27.3 Å². The number of imidazole rings is 2. The quantitative estimate of drug-likeness (QED) is 0.145. The van der Waals surface area contributed by atoms with Gasteiger partial charge in [0.25, 0.3) is 0 Å². The molecule has 4 unspecified atom stereocenters. The Bertz CT molecular complexity index is 2260. The van der Waals surface area contributed by atoms with Crippen LogP contribution in [0.2, 0.25) is 0 Å². The molecule has 0 spiro atoms.